The molecule has 0 aliphatic carbocycles. The Morgan fingerprint density at radius 3 is 2.38 bits per heavy atom. The molecule has 150 valence electrons. The molecule has 1 saturated heterocycles. The molecule has 0 bridgehead atoms. The number of carbonyl (C=O) groups excluding carboxylic acids is 1. The molecule has 0 spiro atoms. The van der Waals surface area contributed by atoms with Crippen molar-refractivity contribution >= 4 is 57.4 Å². The van der Waals surface area contributed by atoms with Crippen molar-refractivity contribution in [3.63, 3.8) is 0 Å². The first-order valence-electron chi connectivity index (χ1n) is 9.06. The van der Waals surface area contributed by atoms with E-state index in [0.29, 0.717) is 53.2 Å². The number of rotatable bonds is 4. The molecule has 1 aliphatic rings. The Bertz CT molecular complexity index is 1020. The minimum atomic E-state index is -0.0380. The third-order valence-corrected chi connectivity index (χ3v) is 6.54. The largest absolute Gasteiger partial charge is 0.343 e. The molecule has 2 heterocycles. The molecule has 0 N–H and O–H groups in total. The highest BCUT2D eigenvalue weighted by atomic mass is 35.5. The first-order valence-corrected chi connectivity index (χ1v) is 11.0. The summed E-state index contributed by atoms with van der Waals surface area (Å²) in [5.74, 6) is 0.755. The van der Waals surface area contributed by atoms with Crippen LogP contribution in [0.1, 0.15) is 21.7 Å². The Morgan fingerprint density at radius 2 is 1.69 bits per heavy atom. The Labute approximate surface area is 188 Å². The van der Waals surface area contributed by atoms with Crippen molar-refractivity contribution in [3.05, 3.63) is 74.5 Å². The quantitative estimate of drug-likeness (QED) is 0.539. The van der Waals surface area contributed by atoms with E-state index in [2.05, 4.69) is 14.3 Å². The lowest BCUT2D eigenvalue weighted by molar-refractivity contribution is 0.0747. The number of nitrogens with zero attached hydrogens (tertiary/aromatic N) is 4. The van der Waals surface area contributed by atoms with Gasteiger partial charge in [-0.05, 0) is 35.9 Å². The molecule has 29 heavy (non-hydrogen) atoms. The molecule has 1 amide bonds. The molecule has 0 radical (unpaired) electrons. The average molecular weight is 468 g/mol. The van der Waals surface area contributed by atoms with Crippen LogP contribution < -0.4 is 4.90 Å². The maximum Gasteiger partial charge on any atom is 0.254 e. The SMILES string of the molecule is O=C(c1ccc(Cl)c(Cl)c1)N1CCN(c2nc(Cc3ccc(Cl)cc3)ns2)CC1. The van der Waals surface area contributed by atoms with Gasteiger partial charge in [0.15, 0.2) is 0 Å². The van der Waals surface area contributed by atoms with Crippen LogP contribution in [0.5, 0.6) is 0 Å². The summed E-state index contributed by atoms with van der Waals surface area (Å²) in [4.78, 5) is 21.4. The van der Waals surface area contributed by atoms with E-state index in [4.69, 9.17) is 34.8 Å². The van der Waals surface area contributed by atoms with Crippen LogP contribution in [-0.4, -0.2) is 46.3 Å². The first kappa shape index (κ1) is 20.4. The normalized spacial score (nSPS) is 14.3. The van der Waals surface area contributed by atoms with E-state index in [1.54, 1.807) is 18.2 Å². The summed E-state index contributed by atoms with van der Waals surface area (Å²) in [5.41, 5.74) is 1.67. The maximum absolute atomic E-state index is 12.7. The van der Waals surface area contributed by atoms with Gasteiger partial charge >= 0.3 is 0 Å². The third kappa shape index (κ3) is 4.83. The summed E-state index contributed by atoms with van der Waals surface area (Å²) >= 11 is 19.3. The predicted molar refractivity (Wildman–Crippen MR) is 119 cm³/mol. The molecule has 0 atom stereocenters. The van der Waals surface area contributed by atoms with Crippen LogP contribution in [0, 0.1) is 0 Å². The third-order valence-electron chi connectivity index (χ3n) is 4.74. The zero-order valence-corrected chi connectivity index (χ0v) is 18.4. The Kier molecular flexibility index (Phi) is 6.25. The molecule has 2 aromatic carbocycles. The van der Waals surface area contributed by atoms with Gasteiger partial charge in [0.2, 0.25) is 5.13 Å². The molecule has 1 aromatic heterocycles. The second-order valence-electron chi connectivity index (χ2n) is 6.70. The van der Waals surface area contributed by atoms with Gasteiger partial charge in [0.1, 0.15) is 5.82 Å². The van der Waals surface area contributed by atoms with Crippen molar-refractivity contribution in [2.45, 2.75) is 6.42 Å². The van der Waals surface area contributed by atoms with Crippen molar-refractivity contribution in [2.24, 2.45) is 0 Å². The maximum atomic E-state index is 12.7. The van der Waals surface area contributed by atoms with Gasteiger partial charge in [-0.25, -0.2) is 4.98 Å². The molecule has 5 nitrogen and oxygen atoms in total. The summed E-state index contributed by atoms with van der Waals surface area (Å²) in [6, 6.07) is 12.7. The van der Waals surface area contributed by atoms with Gasteiger partial charge in [-0.3, -0.25) is 4.79 Å². The van der Waals surface area contributed by atoms with Crippen LogP contribution in [0.2, 0.25) is 15.1 Å². The number of carbonyl (C=O) groups is 1. The molecule has 4 rings (SSSR count). The van der Waals surface area contributed by atoms with Gasteiger partial charge < -0.3 is 9.80 Å². The zero-order valence-electron chi connectivity index (χ0n) is 15.3. The van der Waals surface area contributed by atoms with E-state index in [-0.39, 0.29) is 5.91 Å². The Hall–Kier alpha value is -1.86. The second-order valence-corrected chi connectivity index (χ2v) is 8.69. The second kappa shape index (κ2) is 8.88. The lowest BCUT2D eigenvalue weighted by atomic mass is 10.1. The van der Waals surface area contributed by atoms with E-state index >= 15 is 0 Å². The average Bonchev–Trinajstić information content (AvgIpc) is 3.20. The fourth-order valence-corrected chi connectivity index (χ4v) is 4.30. The monoisotopic (exact) mass is 466 g/mol. The number of piperazine rings is 1. The summed E-state index contributed by atoms with van der Waals surface area (Å²) in [7, 11) is 0. The van der Waals surface area contributed by atoms with Gasteiger partial charge in [-0.15, -0.1) is 0 Å². The molecule has 0 saturated carbocycles. The van der Waals surface area contributed by atoms with Crippen molar-refractivity contribution in [2.75, 3.05) is 31.1 Å². The van der Waals surface area contributed by atoms with Crippen LogP contribution in [0.4, 0.5) is 5.13 Å². The van der Waals surface area contributed by atoms with Gasteiger partial charge in [-0.1, -0.05) is 46.9 Å². The highest BCUT2D eigenvalue weighted by molar-refractivity contribution is 7.09. The summed E-state index contributed by atoms with van der Waals surface area (Å²) in [6.45, 7) is 2.65. The highest BCUT2D eigenvalue weighted by Gasteiger charge is 2.24. The standard InChI is InChI=1S/C20H17Cl3N4OS/c21-15-4-1-13(2-5-15)11-18-24-20(29-25-18)27-9-7-26(8-10-27)19(28)14-3-6-16(22)17(23)12-14/h1-6,12H,7-11H2. The Morgan fingerprint density at radius 1 is 0.966 bits per heavy atom. The van der Waals surface area contributed by atoms with Crippen LogP contribution >= 0.6 is 46.3 Å². The van der Waals surface area contributed by atoms with E-state index in [0.717, 1.165) is 16.5 Å². The van der Waals surface area contributed by atoms with Gasteiger partial charge in [0, 0.05) is 54.7 Å². The van der Waals surface area contributed by atoms with E-state index < -0.39 is 0 Å². The van der Waals surface area contributed by atoms with E-state index in [1.165, 1.54) is 11.5 Å². The minimum absolute atomic E-state index is 0.0380. The van der Waals surface area contributed by atoms with E-state index in [9.17, 15) is 4.79 Å². The fourth-order valence-electron chi connectivity index (χ4n) is 3.14. The lowest BCUT2D eigenvalue weighted by Crippen LogP contribution is -2.48. The number of aromatic nitrogens is 2. The fraction of sp³-hybridized carbons (Fsp3) is 0.250. The van der Waals surface area contributed by atoms with Crippen molar-refractivity contribution in [3.8, 4) is 0 Å². The highest BCUT2D eigenvalue weighted by Crippen LogP contribution is 2.25. The summed E-state index contributed by atoms with van der Waals surface area (Å²) in [6.07, 6.45) is 0.670. The van der Waals surface area contributed by atoms with Gasteiger partial charge in [-0.2, -0.15) is 4.37 Å². The molecule has 1 aliphatic heterocycles. The molecule has 0 unspecified atom stereocenters. The number of amides is 1. The molecule has 3 aromatic rings. The number of benzene rings is 2. The molecular weight excluding hydrogens is 451 g/mol. The number of anilines is 1. The number of hydrogen-bond acceptors (Lipinski definition) is 5. The first-order chi connectivity index (χ1) is 14.0. The van der Waals surface area contributed by atoms with Gasteiger partial charge in [0.05, 0.1) is 10.0 Å². The minimum Gasteiger partial charge on any atom is -0.343 e. The zero-order chi connectivity index (χ0) is 20.4. The van der Waals surface area contributed by atoms with Crippen molar-refractivity contribution < 1.29 is 4.79 Å². The molecule has 1 fully saturated rings. The van der Waals surface area contributed by atoms with Crippen molar-refractivity contribution in [1.29, 1.82) is 0 Å². The predicted octanol–water partition coefficient (Wildman–Crippen LogP) is 5.05. The van der Waals surface area contributed by atoms with Crippen molar-refractivity contribution in [1.82, 2.24) is 14.3 Å². The topological polar surface area (TPSA) is 49.3 Å². The van der Waals surface area contributed by atoms with Gasteiger partial charge in [0.25, 0.3) is 5.91 Å². The van der Waals surface area contributed by atoms with Crippen LogP contribution in [0.15, 0.2) is 42.5 Å². The summed E-state index contributed by atoms with van der Waals surface area (Å²) < 4.78 is 4.48. The Balaban J connectivity index is 1.36. The lowest BCUT2D eigenvalue weighted by Gasteiger charge is -2.34. The molecular formula is C20H17Cl3N4OS. The summed E-state index contributed by atoms with van der Waals surface area (Å²) in [5, 5.41) is 2.43. The smallest absolute Gasteiger partial charge is 0.254 e. The molecule has 9 heteroatoms. The van der Waals surface area contributed by atoms with E-state index in [1.807, 2.05) is 29.2 Å². The van der Waals surface area contributed by atoms with Crippen LogP contribution in [0.3, 0.4) is 0 Å². The van der Waals surface area contributed by atoms with Crippen LogP contribution in [0.25, 0.3) is 0 Å². The van der Waals surface area contributed by atoms with Crippen LogP contribution in [-0.2, 0) is 6.42 Å². The number of hydrogen-bond donors (Lipinski definition) is 0. The number of halogens is 3.